The molecule has 3 rings (SSSR count). The Morgan fingerprint density at radius 2 is 2.04 bits per heavy atom. The van der Waals surface area contributed by atoms with Crippen LogP contribution in [0.2, 0.25) is 0 Å². The first-order valence-corrected chi connectivity index (χ1v) is 8.17. The van der Waals surface area contributed by atoms with E-state index in [4.69, 9.17) is 0 Å². The van der Waals surface area contributed by atoms with Crippen molar-refractivity contribution in [3.8, 4) is 0 Å². The Morgan fingerprint density at radius 3 is 2.78 bits per heavy atom. The number of nitrogens with zero attached hydrogens (tertiary/aromatic N) is 2. The van der Waals surface area contributed by atoms with Crippen LogP contribution in [0.25, 0.3) is 11.0 Å². The van der Waals surface area contributed by atoms with Gasteiger partial charge in [0.05, 0.1) is 11.0 Å². The van der Waals surface area contributed by atoms with Gasteiger partial charge in [-0.25, -0.2) is 4.98 Å². The summed E-state index contributed by atoms with van der Waals surface area (Å²) in [4.78, 5) is 28.1. The Balaban J connectivity index is 1.76. The lowest BCUT2D eigenvalue weighted by atomic mass is 10.3. The average molecular weight is 314 g/mol. The summed E-state index contributed by atoms with van der Waals surface area (Å²) in [6.07, 6.45) is 3.23. The van der Waals surface area contributed by atoms with E-state index in [1.165, 1.54) is 0 Å². The van der Waals surface area contributed by atoms with Crippen LogP contribution in [0.4, 0.5) is 0 Å². The maximum absolute atomic E-state index is 12.2. The molecule has 1 aromatic heterocycles. The maximum Gasteiger partial charge on any atom is 0.240 e. The second-order valence-corrected chi connectivity index (χ2v) is 5.90. The van der Waals surface area contributed by atoms with E-state index in [9.17, 15) is 9.59 Å². The topological polar surface area (TPSA) is 76.0 Å². The molecular weight excluding hydrogens is 292 g/mol. The summed E-state index contributed by atoms with van der Waals surface area (Å²) >= 11 is 0. The highest BCUT2D eigenvalue weighted by Crippen LogP contribution is 2.20. The molecule has 1 aliphatic rings. The molecule has 2 N–H and O–H groups in total. The number of hydrogen-bond acceptors (Lipinski definition) is 3. The van der Waals surface area contributed by atoms with E-state index >= 15 is 0 Å². The van der Waals surface area contributed by atoms with Crippen LogP contribution in [-0.4, -0.2) is 34.0 Å². The maximum atomic E-state index is 12.2. The van der Waals surface area contributed by atoms with Crippen molar-refractivity contribution in [2.75, 3.05) is 6.54 Å². The SMILES string of the molecule is CCC(=O)NCCc1nc2ccccc2n1CC(=O)NC1CC1. The summed E-state index contributed by atoms with van der Waals surface area (Å²) in [6.45, 7) is 2.63. The van der Waals surface area contributed by atoms with Crippen LogP contribution in [0.15, 0.2) is 24.3 Å². The third-order valence-electron chi connectivity index (χ3n) is 3.97. The van der Waals surface area contributed by atoms with Crippen molar-refractivity contribution < 1.29 is 9.59 Å². The summed E-state index contributed by atoms with van der Waals surface area (Å²) < 4.78 is 1.95. The zero-order valence-electron chi connectivity index (χ0n) is 13.3. The third kappa shape index (κ3) is 3.88. The van der Waals surface area contributed by atoms with Crippen molar-refractivity contribution >= 4 is 22.8 Å². The molecule has 6 heteroatoms. The Kier molecular flexibility index (Phi) is 4.60. The summed E-state index contributed by atoms with van der Waals surface area (Å²) in [5.74, 6) is 0.877. The van der Waals surface area contributed by atoms with Gasteiger partial charge in [-0.15, -0.1) is 0 Å². The average Bonchev–Trinajstić information content (AvgIpc) is 3.29. The largest absolute Gasteiger partial charge is 0.356 e. The van der Waals surface area contributed by atoms with Gasteiger partial charge in [-0.3, -0.25) is 9.59 Å². The first kappa shape index (κ1) is 15.5. The molecule has 0 atom stereocenters. The third-order valence-corrected chi connectivity index (χ3v) is 3.97. The summed E-state index contributed by atoms with van der Waals surface area (Å²) in [5.41, 5.74) is 1.83. The molecule has 23 heavy (non-hydrogen) atoms. The number of benzene rings is 1. The molecule has 1 fully saturated rings. The van der Waals surface area contributed by atoms with E-state index in [1.807, 2.05) is 35.8 Å². The molecule has 0 spiro atoms. The highest BCUT2D eigenvalue weighted by molar-refractivity contribution is 5.81. The fraction of sp³-hybridized carbons (Fsp3) is 0.471. The van der Waals surface area contributed by atoms with Crippen molar-refractivity contribution in [3.05, 3.63) is 30.1 Å². The lowest BCUT2D eigenvalue weighted by Gasteiger charge is -2.10. The number of nitrogens with one attached hydrogen (secondary N) is 2. The van der Waals surface area contributed by atoms with Crippen LogP contribution in [0.3, 0.4) is 0 Å². The molecule has 6 nitrogen and oxygen atoms in total. The number of fused-ring (bicyclic) bond motifs is 1. The molecule has 1 aliphatic carbocycles. The van der Waals surface area contributed by atoms with Gasteiger partial charge in [-0.05, 0) is 25.0 Å². The number of hydrogen-bond donors (Lipinski definition) is 2. The number of aromatic nitrogens is 2. The summed E-state index contributed by atoms with van der Waals surface area (Å²) in [7, 11) is 0. The highest BCUT2D eigenvalue weighted by Gasteiger charge is 2.24. The Bertz CT molecular complexity index is 718. The first-order chi connectivity index (χ1) is 11.2. The quantitative estimate of drug-likeness (QED) is 0.811. The van der Waals surface area contributed by atoms with Crippen LogP contribution >= 0.6 is 0 Å². The molecule has 0 aliphatic heterocycles. The standard InChI is InChI=1S/C17H22N4O2/c1-2-16(22)18-10-9-15-20-13-5-3-4-6-14(13)21(15)11-17(23)19-12-7-8-12/h3-6,12H,2,7-11H2,1H3,(H,18,22)(H,19,23). The van der Waals surface area contributed by atoms with Gasteiger partial charge in [0.2, 0.25) is 11.8 Å². The molecule has 2 aromatic rings. The normalized spacial score (nSPS) is 14.0. The lowest BCUT2D eigenvalue weighted by molar-refractivity contribution is -0.122. The van der Waals surface area contributed by atoms with E-state index in [-0.39, 0.29) is 18.4 Å². The minimum Gasteiger partial charge on any atom is -0.356 e. The van der Waals surface area contributed by atoms with Crippen molar-refractivity contribution in [1.29, 1.82) is 0 Å². The number of para-hydroxylation sites is 2. The van der Waals surface area contributed by atoms with Crippen LogP contribution in [-0.2, 0) is 22.6 Å². The monoisotopic (exact) mass is 314 g/mol. The molecule has 1 aromatic carbocycles. The lowest BCUT2D eigenvalue weighted by Crippen LogP contribution is -2.30. The molecular formula is C17H22N4O2. The smallest absolute Gasteiger partial charge is 0.240 e. The van der Waals surface area contributed by atoms with E-state index in [0.29, 0.717) is 25.4 Å². The van der Waals surface area contributed by atoms with Gasteiger partial charge in [0, 0.05) is 25.4 Å². The molecule has 2 amide bonds. The van der Waals surface area contributed by atoms with Gasteiger partial charge >= 0.3 is 0 Å². The summed E-state index contributed by atoms with van der Waals surface area (Å²) in [6, 6.07) is 8.15. The molecule has 0 radical (unpaired) electrons. The van der Waals surface area contributed by atoms with Crippen molar-refractivity contribution in [2.24, 2.45) is 0 Å². The number of rotatable bonds is 7. The number of imidazole rings is 1. The van der Waals surface area contributed by atoms with Gasteiger partial charge in [0.25, 0.3) is 0 Å². The molecule has 122 valence electrons. The second kappa shape index (κ2) is 6.81. The first-order valence-electron chi connectivity index (χ1n) is 8.17. The Labute approximate surface area is 135 Å². The minimum atomic E-state index is 0.0227. The van der Waals surface area contributed by atoms with Gasteiger partial charge in [-0.2, -0.15) is 0 Å². The Morgan fingerprint density at radius 1 is 1.26 bits per heavy atom. The number of carbonyl (C=O) groups excluding carboxylic acids is 2. The predicted octanol–water partition coefficient (Wildman–Crippen LogP) is 1.38. The van der Waals surface area contributed by atoms with Crippen LogP contribution in [0.1, 0.15) is 32.0 Å². The minimum absolute atomic E-state index is 0.0227. The number of amides is 2. The molecule has 0 bridgehead atoms. The van der Waals surface area contributed by atoms with Gasteiger partial charge in [0.1, 0.15) is 12.4 Å². The molecule has 1 saturated carbocycles. The molecule has 0 saturated heterocycles. The van der Waals surface area contributed by atoms with Crippen molar-refractivity contribution in [1.82, 2.24) is 20.2 Å². The molecule has 0 unspecified atom stereocenters. The zero-order valence-corrected chi connectivity index (χ0v) is 13.3. The van der Waals surface area contributed by atoms with Crippen LogP contribution < -0.4 is 10.6 Å². The fourth-order valence-electron chi connectivity index (χ4n) is 2.58. The predicted molar refractivity (Wildman–Crippen MR) is 87.9 cm³/mol. The van der Waals surface area contributed by atoms with Crippen LogP contribution in [0.5, 0.6) is 0 Å². The van der Waals surface area contributed by atoms with Crippen LogP contribution in [0, 0.1) is 0 Å². The van der Waals surface area contributed by atoms with Gasteiger partial charge in [-0.1, -0.05) is 19.1 Å². The van der Waals surface area contributed by atoms with Gasteiger partial charge < -0.3 is 15.2 Å². The van der Waals surface area contributed by atoms with E-state index in [2.05, 4.69) is 15.6 Å². The second-order valence-electron chi connectivity index (χ2n) is 5.90. The van der Waals surface area contributed by atoms with Gasteiger partial charge in [0.15, 0.2) is 0 Å². The molecule has 1 heterocycles. The fourth-order valence-corrected chi connectivity index (χ4v) is 2.58. The number of carbonyl (C=O) groups is 2. The van der Waals surface area contributed by atoms with E-state index in [0.717, 1.165) is 29.7 Å². The summed E-state index contributed by atoms with van der Waals surface area (Å²) in [5, 5.41) is 5.87. The van der Waals surface area contributed by atoms with Crippen molar-refractivity contribution in [2.45, 2.75) is 45.2 Å². The highest BCUT2D eigenvalue weighted by atomic mass is 16.2. The van der Waals surface area contributed by atoms with E-state index in [1.54, 1.807) is 0 Å². The van der Waals surface area contributed by atoms with Crippen molar-refractivity contribution in [3.63, 3.8) is 0 Å². The van der Waals surface area contributed by atoms with E-state index < -0.39 is 0 Å². The zero-order chi connectivity index (χ0) is 16.2. The Hall–Kier alpha value is -2.37.